The van der Waals surface area contributed by atoms with Crippen LogP contribution in [0.1, 0.15) is 31.3 Å². The van der Waals surface area contributed by atoms with Gasteiger partial charge in [-0.3, -0.25) is 4.98 Å². The van der Waals surface area contributed by atoms with Crippen molar-refractivity contribution in [3.05, 3.63) is 35.7 Å². The third kappa shape index (κ3) is 4.03. The highest BCUT2D eigenvalue weighted by Gasteiger charge is 2.05. The molecule has 0 aromatic carbocycles. The maximum absolute atomic E-state index is 5.71. The van der Waals surface area contributed by atoms with Crippen LogP contribution in [0.3, 0.4) is 0 Å². The van der Waals surface area contributed by atoms with Crippen LogP contribution >= 0.6 is 0 Å². The lowest BCUT2D eigenvalue weighted by Gasteiger charge is -2.06. The van der Waals surface area contributed by atoms with E-state index in [1.807, 2.05) is 26.0 Å². The third-order valence-electron chi connectivity index (χ3n) is 2.51. The Morgan fingerprint density at radius 2 is 2.26 bits per heavy atom. The number of hydrogen-bond donors (Lipinski definition) is 1. The molecule has 102 valence electrons. The molecule has 0 aliphatic heterocycles. The Morgan fingerprint density at radius 1 is 1.42 bits per heavy atom. The maximum Gasteiger partial charge on any atom is 0.226 e. The average Bonchev–Trinajstić information content (AvgIpc) is 2.85. The maximum atomic E-state index is 5.71. The van der Waals surface area contributed by atoms with Gasteiger partial charge in [0.25, 0.3) is 0 Å². The summed E-state index contributed by atoms with van der Waals surface area (Å²) >= 11 is 0. The van der Waals surface area contributed by atoms with E-state index in [-0.39, 0.29) is 12.6 Å². The zero-order chi connectivity index (χ0) is 13.7. The smallest absolute Gasteiger partial charge is 0.226 e. The minimum Gasteiger partial charge on any atom is -0.484 e. The lowest BCUT2D eigenvalue weighted by Crippen LogP contribution is -2.18. The highest BCUT2D eigenvalue weighted by molar-refractivity contribution is 5.20. The third-order valence-corrected chi connectivity index (χ3v) is 2.51. The number of aromatic nitrogens is 3. The van der Waals surface area contributed by atoms with Gasteiger partial charge in [0, 0.05) is 24.6 Å². The molecule has 0 aliphatic rings. The second-order valence-corrected chi connectivity index (χ2v) is 4.41. The molecule has 0 fully saturated rings. The van der Waals surface area contributed by atoms with Gasteiger partial charge in [0.15, 0.2) is 6.61 Å². The summed E-state index contributed by atoms with van der Waals surface area (Å²) in [7, 11) is 0. The summed E-state index contributed by atoms with van der Waals surface area (Å²) in [6.07, 6.45) is 3.16. The molecule has 1 unspecified atom stereocenters. The largest absolute Gasteiger partial charge is 0.484 e. The van der Waals surface area contributed by atoms with Crippen molar-refractivity contribution in [2.45, 2.75) is 39.3 Å². The fourth-order valence-electron chi connectivity index (χ4n) is 1.59. The second kappa shape index (κ2) is 6.29. The number of pyridine rings is 1. The van der Waals surface area contributed by atoms with Crippen LogP contribution in [0, 0.1) is 0 Å². The van der Waals surface area contributed by atoms with Crippen molar-refractivity contribution in [2.75, 3.05) is 0 Å². The van der Waals surface area contributed by atoms with Crippen LogP contribution in [-0.4, -0.2) is 21.2 Å². The summed E-state index contributed by atoms with van der Waals surface area (Å²) in [5.74, 6) is 1.83. The van der Waals surface area contributed by atoms with E-state index < -0.39 is 0 Å². The van der Waals surface area contributed by atoms with Crippen LogP contribution in [0.4, 0.5) is 0 Å². The molecule has 0 amide bonds. The van der Waals surface area contributed by atoms with Crippen molar-refractivity contribution in [2.24, 2.45) is 5.73 Å². The van der Waals surface area contributed by atoms with E-state index in [9.17, 15) is 0 Å². The number of nitrogens with two attached hydrogens (primary N) is 1. The lowest BCUT2D eigenvalue weighted by atomic mass is 10.2. The Labute approximate surface area is 112 Å². The Kier molecular flexibility index (Phi) is 4.46. The normalized spacial score (nSPS) is 12.4. The summed E-state index contributed by atoms with van der Waals surface area (Å²) in [4.78, 5) is 8.44. The van der Waals surface area contributed by atoms with Gasteiger partial charge in [-0.15, -0.1) is 0 Å². The Bertz CT molecular complexity index is 508. The topological polar surface area (TPSA) is 87.1 Å². The zero-order valence-electron chi connectivity index (χ0n) is 11.2. The molecule has 2 N–H and O–H groups in total. The minimum atomic E-state index is 0.103. The predicted molar refractivity (Wildman–Crippen MR) is 69.6 cm³/mol. The van der Waals surface area contributed by atoms with Gasteiger partial charge < -0.3 is 15.0 Å². The molecule has 2 heterocycles. The van der Waals surface area contributed by atoms with Gasteiger partial charge in [0.05, 0.1) is 6.20 Å². The van der Waals surface area contributed by atoms with Crippen LogP contribution < -0.4 is 10.5 Å². The van der Waals surface area contributed by atoms with Gasteiger partial charge in [0.1, 0.15) is 5.75 Å². The highest BCUT2D eigenvalue weighted by atomic mass is 16.5. The molecular weight excluding hydrogens is 244 g/mol. The van der Waals surface area contributed by atoms with Crippen molar-refractivity contribution < 1.29 is 9.26 Å². The van der Waals surface area contributed by atoms with Crippen molar-refractivity contribution >= 4 is 0 Å². The first-order valence-corrected chi connectivity index (χ1v) is 6.32. The van der Waals surface area contributed by atoms with Crippen molar-refractivity contribution in [1.29, 1.82) is 0 Å². The molecule has 0 saturated carbocycles. The summed E-state index contributed by atoms with van der Waals surface area (Å²) < 4.78 is 10.5. The summed E-state index contributed by atoms with van der Waals surface area (Å²) in [5.41, 5.74) is 6.67. The fraction of sp³-hybridized carbons (Fsp3) is 0.462. The molecule has 0 spiro atoms. The Balaban J connectivity index is 1.89. The molecular formula is C13H18N4O2. The molecule has 6 heteroatoms. The van der Waals surface area contributed by atoms with Crippen LogP contribution in [0.5, 0.6) is 5.75 Å². The lowest BCUT2D eigenvalue weighted by molar-refractivity contribution is 0.284. The summed E-state index contributed by atoms with van der Waals surface area (Å²) in [6, 6.07) is 3.88. The number of rotatable bonds is 6. The van der Waals surface area contributed by atoms with Crippen LogP contribution in [-0.2, 0) is 19.4 Å². The monoisotopic (exact) mass is 262 g/mol. The van der Waals surface area contributed by atoms with Gasteiger partial charge in [-0.05, 0) is 19.1 Å². The standard InChI is InChI=1S/C13H18N4O2/c1-3-13-16-12(17-19-13)8-18-11-5-4-10(15-7-11)6-9(2)14/h4-5,7,9H,3,6,8,14H2,1-2H3. The molecule has 6 nitrogen and oxygen atoms in total. The molecule has 1 atom stereocenters. The molecule has 0 aliphatic carbocycles. The van der Waals surface area contributed by atoms with Gasteiger partial charge >= 0.3 is 0 Å². The van der Waals surface area contributed by atoms with Crippen molar-refractivity contribution in [3.63, 3.8) is 0 Å². The molecule has 2 aromatic heterocycles. The first kappa shape index (κ1) is 13.5. The molecule has 0 saturated heterocycles. The molecule has 19 heavy (non-hydrogen) atoms. The summed E-state index contributed by atoms with van der Waals surface area (Å²) in [5, 5.41) is 3.81. The van der Waals surface area contributed by atoms with E-state index in [1.54, 1.807) is 6.20 Å². The zero-order valence-corrected chi connectivity index (χ0v) is 11.2. The van der Waals surface area contributed by atoms with Crippen molar-refractivity contribution in [3.8, 4) is 5.75 Å². The van der Waals surface area contributed by atoms with Crippen LogP contribution in [0.25, 0.3) is 0 Å². The van der Waals surface area contributed by atoms with E-state index in [0.717, 1.165) is 18.5 Å². The number of ether oxygens (including phenoxy) is 1. The van der Waals surface area contributed by atoms with E-state index in [4.69, 9.17) is 15.0 Å². The van der Waals surface area contributed by atoms with Gasteiger partial charge in [-0.25, -0.2) is 0 Å². The van der Waals surface area contributed by atoms with E-state index in [0.29, 0.717) is 17.5 Å². The van der Waals surface area contributed by atoms with Gasteiger partial charge in [0.2, 0.25) is 11.7 Å². The number of hydrogen-bond acceptors (Lipinski definition) is 6. The fourth-order valence-corrected chi connectivity index (χ4v) is 1.59. The number of nitrogens with zero attached hydrogens (tertiary/aromatic N) is 3. The molecule has 0 bridgehead atoms. The minimum absolute atomic E-state index is 0.103. The SMILES string of the molecule is CCc1nc(COc2ccc(CC(C)N)nc2)no1. The van der Waals surface area contributed by atoms with Crippen LogP contribution in [0.15, 0.2) is 22.9 Å². The quantitative estimate of drug-likeness (QED) is 0.848. The van der Waals surface area contributed by atoms with E-state index in [2.05, 4.69) is 15.1 Å². The molecule has 0 radical (unpaired) electrons. The highest BCUT2D eigenvalue weighted by Crippen LogP contribution is 2.11. The predicted octanol–water partition coefficient (Wildman–Crippen LogP) is 1.50. The van der Waals surface area contributed by atoms with E-state index >= 15 is 0 Å². The number of aryl methyl sites for hydroxylation is 1. The summed E-state index contributed by atoms with van der Waals surface area (Å²) in [6.45, 7) is 4.19. The first-order valence-electron chi connectivity index (χ1n) is 6.32. The van der Waals surface area contributed by atoms with E-state index in [1.165, 1.54) is 0 Å². The first-order chi connectivity index (χ1) is 9.17. The Hall–Kier alpha value is -1.95. The average molecular weight is 262 g/mol. The van der Waals surface area contributed by atoms with Crippen molar-refractivity contribution in [1.82, 2.24) is 15.1 Å². The molecule has 2 rings (SSSR count). The van der Waals surface area contributed by atoms with Gasteiger partial charge in [-0.2, -0.15) is 4.98 Å². The Morgan fingerprint density at radius 3 is 2.84 bits per heavy atom. The van der Waals surface area contributed by atoms with Gasteiger partial charge in [-0.1, -0.05) is 12.1 Å². The molecule has 2 aromatic rings. The second-order valence-electron chi connectivity index (χ2n) is 4.41. The van der Waals surface area contributed by atoms with Crippen LogP contribution in [0.2, 0.25) is 0 Å².